The van der Waals surface area contributed by atoms with Gasteiger partial charge in [0.25, 0.3) is 0 Å². The third-order valence-corrected chi connectivity index (χ3v) is 2.90. The molecule has 1 N–H and O–H groups in total. The van der Waals surface area contributed by atoms with Gasteiger partial charge < -0.3 is 10.2 Å². The Morgan fingerprint density at radius 1 is 1.41 bits per heavy atom. The number of nitrogens with one attached hydrogen (secondary N) is 1. The lowest BCUT2D eigenvalue weighted by Gasteiger charge is -2.22. The predicted octanol–water partition coefficient (Wildman–Crippen LogP) is 2.05. The van der Waals surface area contributed by atoms with E-state index in [0.29, 0.717) is 5.56 Å². The zero-order chi connectivity index (χ0) is 12.1. The first kappa shape index (κ1) is 12.0. The molecule has 2 heterocycles. The first-order valence-electron chi connectivity index (χ1n) is 6.05. The van der Waals surface area contributed by atoms with E-state index in [1.165, 1.54) is 0 Å². The zero-order valence-electron chi connectivity index (χ0n) is 10.1. The standard InChI is InChI=1S/C13H18FN3/c1-2-4-11-9-12(10-16-13(11)14)17-7-3-5-15-6-8-17/h2,4,9-10,15H,3,5-8H2,1H3. The highest BCUT2D eigenvalue weighted by Gasteiger charge is 2.11. The summed E-state index contributed by atoms with van der Waals surface area (Å²) in [6.07, 6.45) is 6.31. The van der Waals surface area contributed by atoms with Crippen molar-refractivity contribution in [3.63, 3.8) is 0 Å². The van der Waals surface area contributed by atoms with Gasteiger partial charge in [-0.1, -0.05) is 12.2 Å². The fraction of sp³-hybridized carbons (Fsp3) is 0.462. The van der Waals surface area contributed by atoms with E-state index in [1.54, 1.807) is 12.3 Å². The third kappa shape index (κ3) is 3.03. The maximum absolute atomic E-state index is 13.4. The van der Waals surface area contributed by atoms with Crippen LogP contribution in [0.4, 0.5) is 10.1 Å². The SMILES string of the molecule is CC=Cc1cc(N2CCCNCC2)cnc1F. The number of rotatable bonds is 2. The fourth-order valence-corrected chi connectivity index (χ4v) is 2.03. The molecule has 2 rings (SSSR count). The Labute approximate surface area is 101 Å². The molecule has 0 saturated carbocycles. The summed E-state index contributed by atoms with van der Waals surface area (Å²) in [5.74, 6) is -0.403. The molecule has 0 amide bonds. The van der Waals surface area contributed by atoms with Crippen molar-refractivity contribution in [2.45, 2.75) is 13.3 Å². The largest absolute Gasteiger partial charge is 0.369 e. The molecule has 0 bridgehead atoms. The molecule has 1 aromatic rings. The molecule has 0 aromatic carbocycles. The molecule has 1 aromatic heterocycles. The van der Waals surface area contributed by atoms with Gasteiger partial charge in [0.2, 0.25) is 5.95 Å². The van der Waals surface area contributed by atoms with Gasteiger partial charge in [0.05, 0.1) is 11.9 Å². The van der Waals surface area contributed by atoms with Gasteiger partial charge in [-0.3, -0.25) is 0 Å². The fourth-order valence-electron chi connectivity index (χ4n) is 2.03. The highest BCUT2D eigenvalue weighted by Crippen LogP contribution is 2.18. The first-order chi connectivity index (χ1) is 8.31. The molecule has 0 aliphatic carbocycles. The number of anilines is 1. The van der Waals surface area contributed by atoms with Crippen molar-refractivity contribution in [1.82, 2.24) is 10.3 Å². The van der Waals surface area contributed by atoms with Gasteiger partial charge in [0.15, 0.2) is 0 Å². The second kappa shape index (κ2) is 5.77. The van der Waals surface area contributed by atoms with Gasteiger partial charge in [-0.15, -0.1) is 0 Å². The van der Waals surface area contributed by atoms with E-state index < -0.39 is 5.95 Å². The first-order valence-corrected chi connectivity index (χ1v) is 6.05. The van der Waals surface area contributed by atoms with Crippen LogP contribution in [0.3, 0.4) is 0 Å². The molecule has 4 heteroatoms. The summed E-state index contributed by atoms with van der Waals surface area (Å²) in [5, 5.41) is 3.35. The number of aromatic nitrogens is 1. The van der Waals surface area contributed by atoms with Gasteiger partial charge in [0.1, 0.15) is 0 Å². The summed E-state index contributed by atoms with van der Waals surface area (Å²) in [6, 6.07) is 1.87. The van der Waals surface area contributed by atoms with Gasteiger partial charge in [-0.05, 0) is 26.0 Å². The molecule has 0 unspecified atom stereocenters. The number of halogens is 1. The Balaban J connectivity index is 2.22. The average Bonchev–Trinajstić information content (AvgIpc) is 2.61. The van der Waals surface area contributed by atoms with Crippen molar-refractivity contribution in [3.05, 3.63) is 29.9 Å². The van der Waals surface area contributed by atoms with Crippen molar-refractivity contribution < 1.29 is 4.39 Å². The predicted molar refractivity (Wildman–Crippen MR) is 68.6 cm³/mol. The van der Waals surface area contributed by atoms with E-state index in [1.807, 2.05) is 19.1 Å². The van der Waals surface area contributed by atoms with Crippen molar-refractivity contribution in [2.75, 3.05) is 31.1 Å². The Morgan fingerprint density at radius 2 is 2.29 bits per heavy atom. The van der Waals surface area contributed by atoms with E-state index in [9.17, 15) is 4.39 Å². The van der Waals surface area contributed by atoms with E-state index >= 15 is 0 Å². The molecule has 0 spiro atoms. The lowest BCUT2D eigenvalue weighted by molar-refractivity contribution is 0.580. The van der Waals surface area contributed by atoms with Crippen LogP contribution >= 0.6 is 0 Å². The maximum Gasteiger partial charge on any atom is 0.220 e. The molecular formula is C13H18FN3. The van der Waals surface area contributed by atoms with Gasteiger partial charge in [0, 0.05) is 25.2 Å². The highest BCUT2D eigenvalue weighted by atomic mass is 19.1. The third-order valence-electron chi connectivity index (χ3n) is 2.90. The minimum absolute atomic E-state index is 0.403. The molecule has 1 aliphatic heterocycles. The quantitative estimate of drug-likeness (QED) is 0.795. The van der Waals surface area contributed by atoms with E-state index in [0.717, 1.165) is 38.3 Å². The lowest BCUT2D eigenvalue weighted by Crippen LogP contribution is -2.28. The zero-order valence-corrected chi connectivity index (χ0v) is 10.1. The summed E-state index contributed by atoms with van der Waals surface area (Å²) < 4.78 is 13.4. The normalized spacial score (nSPS) is 17.4. The second-order valence-corrected chi connectivity index (χ2v) is 4.16. The number of nitrogens with zero attached hydrogens (tertiary/aromatic N) is 2. The summed E-state index contributed by atoms with van der Waals surface area (Å²) in [5.41, 5.74) is 1.56. The number of allylic oxidation sites excluding steroid dienone is 1. The van der Waals surface area contributed by atoms with Crippen LogP contribution in [0.15, 0.2) is 18.3 Å². The average molecular weight is 235 g/mol. The lowest BCUT2D eigenvalue weighted by atomic mass is 10.2. The van der Waals surface area contributed by atoms with E-state index in [4.69, 9.17) is 0 Å². The minimum atomic E-state index is -0.403. The molecule has 1 fully saturated rings. The van der Waals surface area contributed by atoms with Crippen LogP contribution < -0.4 is 10.2 Å². The van der Waals surface area contributed by atoms with Gasteiger partial charge in [-0.25, -0.2) is 4.98 Å². The molecule has 0 radical (unpaired) electrons. The topological polar surface area (TPSA) is 28.2 Å². The minimum Gasteiger partial charge on any atom is -0.369 e. The Bertz CT molecular complexity index is 396. The summed E-state index contributed by atoms with van der Waals surface area (Å²) in [7, 11) is 0. The molecule has 3 nitrogen and oxygen atoms in total. The van der Waals surface area contributed by atoms with Crippen LogP contribution in [0.5, 0.6) is 0 Å². The Morgan fingerprint density at radius 3 is 3.12 bits per heavy atom. The molecule has 92 valence electrons. The molecule has 1 aliphatic rings. The Kier molecular flexibility index (Phi) is 4.09. The van der Waals surface area contributed by atoms with Crippen LogP contribution in [0.25, 0.3) is 6.08 Å². The Hall–Kier alpha value is -1.42. The van der Waals surface area contributed by atoms with E-state index in [-0.39, 0.29) is 0 Å². The van der Waals surface area contributed by atoms with Crippen molar-refractivity contribution in [2.24, 2.45) is 0 Å². The maximum atomic E-state index is 13.4. The molecule has 0 atom stereocenters. The van der Waals surface area contributed by atoms with Crippen LogP contribution in [0.2, 0.25) is 0 Å². The van der Waals surface area contributed by atoms with Crippen LogP contribution in [0, 0.1) is 5.95 Å². The van der Waals surface area contributed by atoms with Gasteiger partial charge in [-0.2, -0.15) is 4.39 Å². The highest BCUT2D eigenvalue weighted by molar-refractivity contribution is 5.56. The molecular weight excluding hydrogens is 217 g/mol. The van der Waals surface area contributed by atoms with Crippen LogP contribution in [-0.4, -0.2) is 31.2 Å². The smallest absolute Gasteiger partial charge is 0.220 e. The molecule has 17 heavy (non-hydrogen) atoms. The van der Waals surface area contributed by atoms with Crippen molar-refractivity contribution in [3.8, 4) is 0 Å². The summed E-state index contributed by atoms with van der Waals surface area (Å²) in [6.45, 7) is 5.84. The van der Waals surface area contributed by atoms with Crippen molar-refractivity contribution in [1.29, 1.82) is 0 Å². The van der Waals surface area contributed by atoms with E-state index in [2.05, 4.69) is 15.2 Å². The monoisotopic (exact) mass is 235 g/mol. The molecule has 1 saturated heterocycles. The second-order valence-electron chi connectivity index (χ2n) is 4.16. The van der Waals surface area contributed by atoms with Crippen LogP contribution in [0.1, 0.15) is 18.9 Å². The summed E-state index contributed by atoms with van der Waals surface area (Å²) >= 11 is 0. The van der Waals surface area contributed by atoms with Gasteiger partial charge >= 0.3 is 0 Å². The number of hydrogen-bond acceptors (Lipinski definition) is 3. The number of pyridine rings is 1. The van der Waals surface area contributed by atoms with Crippen LogP contribution in [-0.2, 0) is 0 Å². The summed E-state index contributed by atoms with van der Waals surface area (Å²) in [4.78, 5) is 6.07. The number of hydrogen-bond donors (Lipinski definition) is 1. The van der Waals surface area contributed by atoms with Crippen molar-refractivity contribution >= 4 is 11.8 Å².